The number of aryl methyl sites for hydroxylation is 1. The third kappa shape index (κ3) is 3.93. The predicted molar refractivity (Wildman–Crippen MR) is 103 cm³/mol. The van der Waals surface area contributed by atoms with Crippen LogP contribution in [-0.4, -0.2) is 43.0 Å². The second-order valence-corrected chi connectivity index (χ2v) is 6.58. The van der Waals surface area contributed by atoms with Crippen LogP contribution in [0, 0.1) is 10.1 Å². The lowest BCUT2D eigenvalue weighted by Gasteiger charge is -2.25. The summed E-state index contributed by atoms with van der Waals surface area (Å²) >= 11 is 0. The molecule has 2 aromatic rings. The zero-order valence-corrected chi connectivity index (χ0v) is 15.5. The molecular weight excluding hydrogens is 346 g/mol. The van der Waals surface area contributed by atoms with Crippen LogP contribution in [0.3, 0.4) is 0 Å². The predicted octanol–water partition coefficient (Wildman–Crippen LogP) is 3.41. The van der Waals surface area contributed by atoms with Gasteiger partial charge in [0.05, 0.1) is 17.6 Å². The van der Waals surface area contributed by atoms with Crippen molar-refractivity contribution in [2.45, 2.75) is 18.9 Å². The number of hydrogen-bond donors (Lipinski definition) is 1. The molecule has 1 aliphatic carbocycles. The van der Waals surface area contributed by atoms with Gasteiger partial charge in [-0.1, -0.05) is 24.3 Å². The van der Waals surface area contributed by atoms with Crippen LogP contribution in [0.4, 0.5) is 11.4 Å². The molecule has 1 atom stereocenters. The van der Waals surface area contributed by atoms with Crippen LogP contribution < -0.4 is 5.32 Å². The Hall–Kier alpha value is -2.93. The highest BCUT2D eigenvalue weighted by Crippen LogP contribution is 2.36. The number of ether oxygens (including phenoxy) is 1. The van der Waals surface area contributed by atoms with Gasteiger partial charge >= 0.3 is 0 Å². The fourth-order valence-electron chi connectivity index (χ4n) is 3.54. The topological polar surface area (TPSA) is 84.7 Å². The molecule has 0 aliphatic heterocycles. The lowest BCUT2D eigenvalue weighted by atomic mass is 10.1. The Morgan fingerprint density at radius 3 is 2.85 bits per heavy atom. The van der Waals surface area contributed by atoms with Gasteiger partial charge in [0.2, 0.25) is 0 Å². The molecule has 0 aromatic heterocycles. The molecule has 1 amide bonds. The van der Waals surface area contributed by atoms with Crippen LogP contribution in [0.2, 0.25) is 0 Å². The average Bonchev–Trinajstić information content (AvgIpc) is 3.11. The average molecular weight is 369 g/mol. The molecule has 142 valence electrons. The van der Waals surface area contributed by atoms with E-state index in [1.54, 1.807) is 31.2 Å². The van der Waals surface area contributed by atoms with E-state index < -0.39 is 4.92 Å². The van der Waals surface area contributed by atoms with Crippen molar-refractivity contribution < 1.29 is 14.5 Å². The second-order valence-electron chi connectivity index (χ2n) is 6.58. The number of nitrogens with one attached hydrogen (secondary N) is 1. The minimum absolute atomic E-state index is 0.00717. The molecule has 3 rings (SSSR count). The number of nitro groups is 1. The Kier molecular flexibility index (Phi) is 5.71. The van der Waals surface area contributed by atoms with Gasteiger partial charge in [-0.25, -0.2) is 0 Å². The van der Waals surface area contributed by atoms with E-state index in [9.17, 15) is 14.9 Å². The number of nitro benzene ring substituents is 1. The summed E-state index contributed by atoms with van der Waals surface area (Å²) in [6, 6.07) is 12.6. The van der Waals surface area contributed by atoms with Crippen molar-refractivity contribution in [3.8, 4) is 0 Å². The van der Waals surface area contributed by atoms with Crippen LogP contribution in [0.25, 0.3) is 0 Å². The minimum atomic E-state index is -0.475. The minimum Gasteiger partial charge on any atom is -0.383 e. The van der Waals surface area contributed by atoms with E-state index in [0.29, 0.717) is 24.4 Å². The maximum Gasteiger partial charge on any atom is 0.293 e. The molecule has 0 saturated heterocycles. The summed E-state index contributed by atoms with van der Waals surface area (Å²) in [5.41, 5.74) is 2.98. The molecule has 0 fully saturated rings. The standard InChI is InChI=1S/C20H23N3O4/c1-22(18-10-8-14-5-3-4-6-16(14)18)20(24)15-7-9-17(21-11-12-27-2)19(13-15)23(25)26/h3-7,9,13,18,21H,8,10-12H2,1-2H3. The number of rotatable bonds is 7. The number of fused-ring (bicyclic) bond motifs is 1. The first kappa shape index (κ1) is 18.8. The number of carbonyl (C=O) groups excluding carboxylic acids is 1. The van der Waals surface area contributed by atoms with Crippen LogP contribution in [0.1, 0.15) is 33.9 Å². The molecule has 1 aliphatic rings. The van der Waals surface area contributed by atoms with E-state index >= 15 is 0 Å². The third-order valence-electron chi connectivity index (χ3n) is 4.95. The van der Waals surface area contributed by atoms with Crippen molar-refractivity contribution in [2.24, 2.45) is 0 Å². The molecule has 1 unspecified atom stereocenters. The smallest absolute Gasteiger partial charge is 0.293 e. The molecule has 0 saturated carbocycles. The highest BCUT2D eigenvalue weighted by molar-refractivity contribution is 5.96. The molecule has 0 radical (unpaired) electrons. The van der Waals surface area contributed by atoms with E-state index in [1.165, 1.54) is 11.6 Å². The highest BCUT2D eigenvalue weighted by atomic mass is 16.6. The van der Waals surface area contributed by atoms with Gasteiger partial charge in [-0.3, -0.25) is 14.9 Å². The largest absolute Gasteiger partial charge is 0.383 e. The molecule has 2 aromatic carbocycles. The Bertz CT molecular complexity index is 853. The number of amides is 1. The van der Waals surface area contributed by atoms with Gasteiger partial charge in [-0.2, -0.15) is 0 Å². The lowest BCUT2D eigenvalue weighted by Crippen LogP contribution is -2.30. The Labute approximate surface area is 158 Å². The van der Waals surface area contributed by atoms with E-state index in [1.807, 2.05) is 18.2 Å². The molecule has 0 spiro atoms. The van der Waals surface area contributed by atoms with E-state index in [-0.39, 0.29) is 17.6 Å². The zero-order chi connectivity index (χ0) is 19.4. The summed E-state index contributed by atoms with van der Waals surface area (Å²) in [4.78, 5) is 25.6. The molecule has 27 heavy (non-hydrogen) atoms. The Morgan fingerprint density at radius 2 is 2.11 bits per heavy atom. The molecule has 0 heterocycles. The summed E-state index contributed by atoms with van der Waals surface area (Å²) < 4.78 is 4.95. The second kappa shape index (κ2) is 8.18. The van der Waals surface area contributed by atoms with Crippen molar-refractivity contribution >= 4 is 17.3 Å². The van der Waals surface area contributed by atoms with Gasteiger partial charge < -0.3 is 15.0 Å². The maximum atomic E-state index is 13.0. The van der Waals surface area contributed by atoms with Crippen molar-refractivity contribution in [3.63, 3.8) is 0 Å². The fourth-order valence-corrected chi connectivity index (χ4v) is 3.54. The number of carbonyl (C=O) groups is 1. The monoisotopic (exact) mass is 369 g/mol. The first-order chi connectivity index (χ1) is 13.0. The summed E-state index contributed by atoms with van der Waals surface area (Å²) in [6.07, 6.45) is 1.79. The highest BCUT2D eigenvalue weighted by Gasteiger charge is 2.29. The Morgan fingerprint density at radius 1 is 1.33 bits per heavy atom. The number of nitrogens with zero attached hydrogens (tertiary/aromatic N) is 2. The first-order valence-electron chi connectivity index (χ1n) is 8.89. The third-order valence-corrected chi connectivity index (χ3v) is 4.95. The number of benzene rings is 2. The van der Waals surface area contributed by atoms with Gasteiger partial charge in [0.15, 0.2) is 0 Å². The van der Waals surface area contributed by atoms with Gasteiger partial charge in [0.25, 0.3) is 11.6 Å². The van der Waals surface area contributed by atoms with E-state index in [2.05, 4.69) is 11.4 Å². The van der Waals surface area contributed by atoms with Crippen molar-refractivity contribution in [1.82, 2.24) is 4.90 Å². The number of hydrogen-bond acceptors (Lipinski definition) is 5. The van der Waals surface area contributed by atoms with Gasteiger partial charge in [0.1, 0.15) is 5.69 Å². The van der Waals surface area contributed by atoms with E-state index in [4.69, 9.17) is 4.74 Å². The Balaban J connectivity index is 1.82. The van der Waals surface area contributed by atoms with Gasteiger partial charge in [0, 0.05) is 32.3 Å². The van der Waals surface area contributed by atoms with Crippen LogP contribution >= 0.6 is 0 Å². The summed E-state index contributed by atoms with van der Waals surface area (Å²) in [6.45, 7) is 0.880. The molecule has 0 bridgehead atoms. The molecule has 7 nitrogen and oxygen atoms in total. The molecular formula is C20H23N3O4. The first-order valence-corrected chi connectivity index (χ1v) is 8.89. The summed E-state index contributed by atoms with van der Waals surface area (Å²) in [5.74, 6) is -0.219. The number of methoxy groups -OCH3 is 1. The SMILES string of the molecule is COCCNc1ccc(C(=O)N(C)C2CCc3ccccc32)cc1[N+](=O)[O-]. The van der Waals surface area contributed by atoms with Crippen molar-refractivity contribution in [2.75, 3.05) is 32.6 Å². The van der Waals surface area contributed by atoms with Crippen LogP contribution in [0.5, 0.6) is 0 Å². The summed E-state index contributed by atoms with van der Waals surface area (Å²) in [7, 11) is 3.32. The summed E-state index contributed by atoms with van der Waals surface area (Å²) in [5, 5.41) is 14.4. The van der Waals surface area contributed by atoms with Crippen LogP contribution in [-0.2, 0) is 11.2 Å². The molecule has 1 N–H and O–H groups in total. The number of anilines is 1. The van der Waals surface area contributed by atoms with Crippen molar-refractivity contribution in [1.29, 1.82) is 0 Å². The zero-order valence-electron chi connectivity index (χ0n) is 15.5. The quantitative estimate of drug-likeness (QED) is 0.459. The lowest BCUT2D eigenvalue weighted by molar-refractivity contribution is -0.384. The maximum absolute atomic E-state index is 13.0. The fraction of sp³-hybridized carbons (Fsp3) is 0.350. The van der Waals surface area contributed by atoms with Crippen LogP contribution in [0.15, 0.2) is 42.5 Å². The van der Waals surface area contributed by atoms with Gasteiger partial charge in [-0.05, 0) is 36.1 Å². The van der Waals surface area contributed by atoms with E-state index in [0.717, 1.165) is 18.4 Å². The molecule has 7 heteroatoms. The van der Waals surface area contributed by atoms with Gasteiger partial charge in [-0.15, -0.1) is 0 Å². The normalized spacial score (nSPS) is 15.3. The van der Waals surface area contributed by atoms with Crippen molar-refractivity contribution in [3.05, 3.63) is 69.3 Å².